The molecule has 0 fully saturated rings. The average Bonchev–Trinajstić information content (AvgIpc) is 2.36. The number of rotatable bonds is 12. The Balaban J connectivity index is 3.13. The van der Waals surface area contributed by atoms with Crippen LogP contribution in [0.4, 0.5) is 0 Å². The molecule has 0 radical (unpaired) electrons. The first-order valence-corrected chi connectivity index (χ1v) is 6.66. The summed E-state index contributed by atoms with van der Waals surface area (Å²) in [6, 6.07) is 0. The molecule has 3 heteroatoms. The summed E-state index contributed by atoms with van der Waals surface area (Å²) in [7, 11) is 3.37. The molecule has 102 valence electrons. The van der Waals surface area contributed by atoms with Gasteiger partial charge in [-0.15, -0.1) is 0 Å². The van der Waals surface area contributed by atoms with Crippen molar-refractivity contribution in [2.45, 2.75) is 57.7 Å². The van der Waals surface area contributed by atoms with E-state index in [1.165, 1.54) is 32.1 Å². The van der Waals surface area contributed by atoms with Gasteiger partial charge in [0.25, 0.3) is 0 Å². The molecule has 0 aromatic rings. The van der Waals surface area contributed by atoms with Crippen molar-refractivity contribution >= 4 is 0 Å². The minimum Gasteiger partial charge on any atom is -0.396 e. The van der Waals surface area contributed by atoms with Crippen LogP contribution in [0.1, 0.15) is 51.4 Å². The Morgan fingerprint density at radius 3 is 2.12 bits per heavy atom. The van der Waals surface area contributed by atoms with E-state index in [1.807, 2.05) is 0 Å². The van der Waals surface area contributed by atoms with Crippen LogP contribution in [0.2, 0.25) is 0 Å². The lowest BCUT2D eigenvalue weighted by Gasteiger charge is -2.12. The largest absolute Gasteiger partial charge is 0.396 e. The first-order valence-electron chi connectivity index (χ1n) is 6.66. The fraction of sp³-hybridized carbons (Fsp3) is 0.857. The number of methoxy groups -OCH3 is 2. The molecule has 0 aliphatic carbocycles. The first-order chi connectivity index (χ1) is 8.35. The molecule has 0 spiro atoms. The summed E-state index contributed by atoms with van der Waals surface area (Å²) >= 11 is 0. The van der Waals surface area contributed by atoms with Gasteiger partial charge in [-0.3, -0.25) is 0 Å². The predicted molar refractivity (Wildman–Crippen MR) is 71.0 cm³/mol. The van der Waals surface area contributed by atoms with E-state index in [-0.39, 0.29) is 12.9 Å². The molecule has 0 saturated carbocycles. The van der Waals surface area contributed by atoms with Crippen molar-refractivity contribution in [1.29, 1.82) is 0 Å². The predicted octanol–water partition coefficient (Wildman–Crippen LogP) is 3.27. The van der Waals surface area contributed by atoms with Gasteiger partial charge in [0.15, 0.2) is 6.29 Å². The summed E-state index contributed by atoms with van der Waals surface area (Å²) in [5.41, 5.74) is 0. The van der Waals surface area contributed by atoms with E-state index in [1.54, 1.807) is 14.2 Å². The van der Waals surface area contributed by atoms with Crippen molar-refractivity contribution < 1.29 is 14.6 Å². The molecule has 0 amide bonds. The summed E-state index contributed by atoms with van der Waals surface area (Å²) in [5.74, 6) is 0. The van der Waals surface area contributed by atoms with Crippen molar-refractivity contribution in [3.8, 4) is 0 Å². The molecule has 3 nitrogen and oxygen atoms in total. The van der Waals surface area contributed by atoms with E-state index in [2.05, 4.69) is 12.2 Å². The third kappa shape index (κ3) is 11.9. The Hall–Kier alpha value is -0.380. The van der Waals surface area contributed by atoms with Crippen LogP contribution in [0, 0.1) is 0 Å². The second-order valence-electron chi connectivity index (χ2n) is 4.23. The van der Waals surface area contributed by atoms with Crippen LogP contribution in [0.5, 0.6) is 0 Å². The van der Waals surface area contributed by atoms with Crippen LogP contribution in [0.15, 0.2) is 12.2 Å². The highest BCUT2D eigenvalue weighted by Gasteiger charge is 2.03. The van der Waals surface area contributed by atoms with Gasteiger partial charge < -0.3 is 14.6 Å². The molecule has 0 rings (SSSR count). The maximum Gasteiger partial charge on any atom is 0.156 e. The summed E-state index contributed by atoms with van der Waals surface area (Å²) in [6.07, 6.45) is 13.4. The minimum absolute atomic E-state index is 0.0311. The fourth-order valence-corrected chi connectivity index (χ4v) is 1.75. The second-order valence-corrected chi connectivity index (χ2v) is 4.23. The molecule has 0 saturated heterocycles. The summed E-state index contributed by atoms with van der Waals surface area (Å²) in [5, 5.41) is 8.58. The standard InChI is InChI=1S/C14H28O3/c1-16-14(17-2)12-10-8-6-4-3-5-7-9-11-13-15/h7,9,14-15H,3-6,8,10-13H2,1-2H3. The maximum absolute atomic E-state index is 8.58. The Labute approximate surface area is 106 Å². The Bertz CT molecular complexity index is 165. The van der Waals surface area contributed by atoms with Crippen LogP contribution in [0.3, 0.4) is 0 Å². The molecular formula is C14H28O3. The van der Waals surface area contributed by atoms with Crippen molar-refractivity contribution in [3.63, 3.8) is 0 Å². The van der Waals surface area contributed by atoms with Gasteiger partial charge in [0.2, 0.25) is 0 Å². The summed E-state index contributed by atoms with van der Waals surface area (Å²) in [4.78, 5) is 0. The van der Waals surface area contributed by atoms with Gasteiger partial charge in [-0.25, -0.2) is 0 Å². The Morgan fingerprint density at radius 1 is 0.882 bits per heavy atom. The van der Waals surface area contributed by atoms with E-state index in [0.29, 0.717) is 0 Å². The zero-order valence-corrected chi connectivity index (χ0v) is 11.4. The topological polar surface area (TPSA) is 38.7 Å². The van der Waals surface area contributed by atoms with E-state index in [0.717, 1.165) is 19.3 Å². The molecule has 0 heterocycles. The molecule has 0 aromatic heterocycles. The third-order valence-electron chi connectivity index (χ3n) is 2.80. The molecule has 0 atom stereocenters. The molecule has 0 aromatic carbocycles. The van der Waals surface area contributed by atoms with Gasteiger partial charge in [0, 0.05) is 20.8 Å². The summed E-state index contributed by atoms with van der Waals surface area (Å²) < 4.78 is 10.3. The lowest BCUT2D eigenvalue weighted by atomic mass is 10.1. The Morgan fingerprint density at radius 2 is 1.47 bits per heavy atom. The van der Waals surface area contributed by atoms with Crippen molar-refractivity contribution in [1.82, 2.24) is 0 Å². The van der Waals surface area contributed by atoms with Gasteiger partial charge in [-0.05, 0) is 32.1 Å². The lowest BCUT2D eigenvalue weighted by Crippen LogP contribution is -2.12. The molecule has 0 bridgehead atoms. The highest BCUT2D eigenvalue weighted by atomic mass is 16.7. The lowest BCUT2D eigenvalue weighted by molar-refractivity contribution is -0.107. The minimum atomic E-state index is -0.0311. The highest BCUT2D eigenvalue weighted by molar-refractivity contribution is 4.80. The highest BCUT2D eigenvalue weighted by Crippen LogP contribution is 2.10. The number of aliphatic hydroxyl groups is 1. The van der Waals surface area contributed by atoms with Crippen molar-refractivity contribution in [2.24, 2.45) is 0 Å². The normalized spacial score (nSPS) is 11.8. The Kier molecular flexibility index (Phi) is 13.4. The van der Waals surface area contributed by atoms with Crippen LogP contribution in [0.25, 0.3) is 0 Å². The van der Waals surface area contributed by atoms with E-state index < -0.39 is 0 Å². The number of ether oxygens (including phenoxy) is 2. The van der Waals surface area contributed by atoms with Crippen LogP contribution < -0.4 is 0 Å². The van der Waals surface area contributed by atoms with E-state index in [9.17, 15) is 0 Å². The smallest absolute Gasteiger partial charge is 0.156 e. The van der Waals surface area contributed by atoms with Gasteiger partial charge in [-0.2, -0.15) is 0 Å². The number of hydrogen-bond donors (Lipinski definition) is 1. The number of aliphatic hydroxyl groups excluding tert-OH is 1. The van der Waals surface area contributed by atoms with E-state index in [4.69, 9.17) is 14.6 Å². The molecule has 1 N–H and O–H groups in total. The van der Waals surface area contributed by atoms with Gasteiger partial charge >= 0.3 is 0 Å². The van der Waals surface area contributed by atoms with Crippen LogP contribution in [-0.4, -0.2) is 32.2 Å². The van der Waals surface area contributed by atoms with Crippen molar-refractivity contribution in [2.75, 3.05) is 20.8 Å². The SMILES string of the molecule is COC(CCCCCCCC=CCCO)OC. The fourth-order valence-electron chi connectivity index (χ4n) is 1.75. The molecular weight excluding hydrogens is 216 g/mol. The number of unbranched alkanes of at least 4 members (excludes halogenated alkanes) is 5. The first kappa shape index (κ1) is 16.6. The molecule has 0 unspecified atom stereocenters. The average molecular weight is 244 g/mol. The molecule has 0 aliphatic heterocycles. The number of allylic oxidation sites excluding steroid dienone is 1. The quantitative estimate of drug-likeness (QED) is 0.325. The van der Waals surface area contributed by atoms with Gasteiger partial charge in [0.05, 0.1) is 0 Å². The van der Waals surface area contributed by atoms with Crippen LogP contribution >= 0.6 is 0 Å². The molecule has 17 heavy (non-hydrogen) atoms. The zero-order chi connectivity index (χ0) is 12.8. The number of hydrogen-bond acceptors (Lipinski definition) is 3. The second kappa shape index (κ2) is 13.7. The monoisotopic (exact) mass is 244 g/mol. The van der Waals surface area contributed by atoms with Gasteiger partial charge in [-0.1, -0.05) is 31.4 Å². The zero-order valence-electron chi connectivity index (χ0n) is 11.4. The maximum atomic E-state index is 8.58. The van der Waals surface area contributed by atoms with Crippen molar-refractivity contribution in [3.05, 3.63) is 12.2 Å². The van der Waals surface area contributed by atoms with E-state index >= 15 is 0 Å². The summed E-state index contributed by atoms with van der Waals surface area (Å²) in [6.45, 7) is 0.261. The molecule has 0 aliphatic rings. The third-order valence-corrected chi connectivity index (χ3v) is 2.80. The van der Waals surface area contributed by atoms with Crippen LogP contribution in [-0.2, 0) is 9.47 Å². The van der Waals surface area contributed by atoms with Gasteiger partial charge in [0.1, 0.15) is 0 Å².